The maximum absolute atomic E-state index is 13.4. The van der Waals surface area contributed by atoms with Gasteiger partial charge in [0, 0.05) is 6.04 Å². The predicted octanol–water partition coefficient (Wildman–Crippen LogP) is 2.55. The largest absolute Gasteiger partial charge is 0.242 e. The molecule has 19 heavy (non-hydrogen) atoms. The SMILES string of the molecule is CCCC(CC)NS(=O)(=O)c1cccc(F)c1C#N. The van der Waals surface area contributed by atoms with Crippen molar-refractivity contribution in [3.05, 3.63) is 29.6 Å². The van der Waals surface area contributed by atoms with Crippen LogP contribution in [0.4, 0.5) is 4.39 Å². The van der Waals surface area contributed by atoms with Gasteiger partial charge < -0.3 is 0 Å². The Morgan fingerprint density at radius 1 is 1.42 bits per heavy atom. The summed E-state index contributed by atoms with van der Waals surface area (Å²) in [6.07, 6.45) is 2.19. The lowest BCUT2D eigenvalue weighted by Gasteiger charge is -2.16. The van der Waals surface area contributed by atoms with Gasteiger partial charge in [0.2, 0.25) is 10.0 Å². The Kier molecular flexibility index (Phi) is 5.45. The van der Waals surface area contributed by atoms with Crippen molar-refractivity contribution >= 4 is 10.0 Å². The second-order valence-electron chi connectivity index (χ2n) is 4.24. The molecular formula is C13H17FN2O2S. The molecule has 0 aliphatic heterocycles. The fourth-order valence-corrected chi connectivity index (χ4v) is 3.33. The maximum Gasteiger partial charge on any atom is 0.242 e. The van der Waals surface area contributed by atoms with E-state index in [-0.39, 0.29) is 10.9 Å². The highest BCUT2D eigenvalue weighted by Crippen LogP contribution is 2.19. The summed E-state index contributed by atoms with van der Waals surface area (Å²) in [6.45, 7) is 3.83. The highest BCUT2D eigenvalue weighted by molar-refractivity contribution is 7.89. The molecule has 1 unspecified atom stereocenters. The molecule has 1 aromatic carbocycles. The van der Waals surface area contributed by atoms with Crippen molar-refractivity contribution in [2.75, 3.05) is 0 Å². The monoisotopic (exact) mass is 284 g/mol. The van der Waals surface area contributed by atoms with Crippen LogP contribution in [-0.2, 0) is 10.0 Å². The van der Waals surface area contributed by atoms with E-state index >= 15 is 0 Å². The summed E-state index contributed by atoms with van der Waals surface area (Å²) in [4.78, 5) is -0.301. The van der Waals surface area contributed by atoms with Gasteiger partial charge in [-0.15, -0.1) is 0 Å². The van der Waals surface area contributed by atoms with Crippen LogP contribution < -0.4 is 4.72 Å². The minimum absolute atomic E-state index is 0.204. The second-order valence-corrected chi connectivity index (χ2v) is 5.92. The Morgan fingerprint density at radius 3 is 2.63 bits per heavy atom. The highest BCUT2D eigenvalue weighted by Gasteiger charge is 2.23. The van der Waals surface area contributed by atoms with Crippen LogP contribution in [0.1, 0.15) is 38.7 Å². The van der Waals surface area contributed by atoms with Crippen LogP contribution in [0, 0.1) is 17.1 Å². The zero-order valence-corrected chi connectivity index (χ0v) is 11.8. The number of rotatable bonds is 6. The zero-order valence-electron chi connectivity index (χ0n) is 11.0. The zero-order chi connectivity index (χ0) is 14.5. The molecular weight excluding hydrogens is 267 g/mol. The lowest BCUT2D eigenvalue weighted by atomic mass is 10.1. The second kappa shape index (κ2) is 6.64. The van der Waals surface area contributed by atoms with Crippen LogP contribution in [0.3, 0.4) is 0 Å². The first-order valence-electron chi connectivity index (χ1n) is 6.17. The highest BCUT2D eigenvalue weighted by atomic mass is 32.2. The number of nitriles is 1. The van der Waals surface area contributed by atoms with E-state index in [1.54, 1.807) is 6.07 Å². The summed E-state index contributed by atoms with van der Waals surface area (Å²) in [5, 5.41) is 8.88. The van der Waals surface area contributed by atoms with E-state index in [0.29, 0.717) is 12.8 Å². The third-order valence-electron chi connectivity index (χ3n) is 2.83. The molecule has 6 heteroatoms. The van der Waals surface area contributed by atoms with Gasteiger partial charge in [-0.05, 0) is 25.0 Å². The molecule has 1 aromatic rings. The molecule has 1 N–H and O–H groups in total. The maximum atomic E-state index is 13.4. The lowest BCUT2D eigenvalue weighted by Crippen LogP contribution is -2.34. The molecule has 0 aliphatic rings. The molecule has 0 bridgehead atoms. The normalized spacial score (nSPS) is 12.9. The van der Waals surface area contributed by atoms with E-state index in [1.807, 2.05) is 13.8 Å². The van der Waals surface area contributed by atoms with E-state index in [1.165, 1.54) is 12.1 Å². The third-order valence-corrected chi connectivity index (χ3v) is 4.39. The van der Waals surface area contributed by atoms with Gasteiger partial charge in [0.15, 0.2) is 0 Å². The molecule has 1 atom stereocenters. The average molecular weight is 284 g/mol. The third kappa shape index (κ3) is 3.75. The standard InChI is InChI=1S/C13H17FN2O2S/c1-3-6-10(4-2)16-19(17,18)13-8-5-7-12(14)11(13)9-15/h5,7-8,10,16H,3-4,6H2,1-2H3. The summed E-state index contributed by atoms with van der Waals surface area (Å²) in [7, 11) is -3.87. The summed E-state index contributed by atoms with van der Waals surface area (Å²) in [5.74, 6) is -0.825. The summed E-state index contributed by atoms with van der Waals surface area (Å²) >= 11 is 0. The Hall–Kier alpha value is -1.45. The van der Waals surface area contributed by atoms with Gasteiger partial charge in [-0.2, -0.15) is 5.26 Å². The van der Waals surface area contributed by atoms with Crippen LogP contribution in [-0.4, -0.2) is 14.5 Å². The number of hydrogen-bond donors (Lipinski definition) is 1. The van der Waals surface area contributed by atoms with E-state index in [2.05, 4.69) is 4.72 Å². The Bertz CT molecular complexity index is 579. The number of nitrogens with one attached hydrogen (secondary N) is 1. The first-order chi connectivity index (χ1) is 8.96. The predicted molar refractivity (Wildman–Crippen MR) is 70.4 cm³/mol. The molecule has 4 nitrogen and oxygen atoms in total. The van der Waals surface area contributed by atoms with Gasteiger partial charge in [0.1, 0.15) is 22.3 Å². The fraction of sp³-hybridized carbons (Fsp3) is 0.462. The lowest BCUT2D eigenvalue weighted by molar-refractivity contribution is 0.511. The van der Waals surface area contributed by atoms with Gasteiger partial charge in [0.25, 0.3) is 0 Å². The minimum Gasteiger partial charge on any atom is -0.208 e. The molecule has 0 aliphatic carbocycles. The summed E-state index contributed by atoms with van der Waals surface area (Å²) in [5.41, 5.74) is -0.443. The molecule has 0 saturated carbocycles. The minimum atomic E-state index is -3.87. The van der Waals surface area contributed by atoms with Crippen molar-refractivity contribution in [3.63, 3.8) is 0 Å². The molecule has 0 spiro atoms. The molecule has 0 amide bonds. The summed E-state index contributed by atoms with van der Waals surface area (Å²) in [6, 6.07) is 4.99. The number of sulfonamides is 1. The summed E-state index contributed by atoms with van der Waals surface area (Å²) < 4.78 is 40.3. The van der Waals surface area contributed by atoms with Crippen molar-refractivity contribution in [1.29, 1.82) is 5.26 Å². The van der Waals surface area contributed by atoms with Crippen molar-refractivity contribution in [3.8, 4) is 6.07 Å². The number of nitrogens with zero attached hydrogens (tertiary/aromatic N) is 1. The molecule has 1 rings (SSSR count). The van der Waals surface area contributed by atoms with E-state index in [0.717, 1.165) is 12.5 Å². The van der Waals surface area contributed by atoms with Crippen molar-refractivity contribution in [1.82, 2.24) is 4.72 Å². The van der Waals surface area contributed by atoms with Crippen LogP contribution in [0.5, 0.6) is 0 Å². The quantitative estimate of drug-likeness (QED) is 0.872. The Labute approximate surface area is 113 Å². The first kappa shape index (κ1) is 15.6. The van der Waals surface area contributed by atoms with Gasteiger partial charge in [-0.25, -0.2) is 17.5 Å². The molecule has 0 saturated heterocycles. The number of halogens is 1. The fourth-order valence-electron chi connectivity index (χ4n) is 1.81. The Balaban J connectivity index is 3.15. The van der Waals surface area contributed by atoms with E-state index < -0.39 is 21.4 Å². The van der Waals surface area contributed by atoms with Crippen molar-refractivity contribution in [2.24, 2.45) is 0 Å². The molecule has 104 valence electrons. The topological polar surface area (TPSA) is 70.0 Å². The molecule has 0 aromatic heterocycles. The van der Waals surface area contributed by atoms with Crippen molar-refractivity contribution < 1.29 is 12.8 Å². The van der Waals surface area contributed by atoms with Crippen molar-refractivity contribution in [2.45, 2.75) is 44.0 Å². The van der Waals surface area contributed by atoms with Gasteiger partial charge in [0.05, 0.1) is 0 Å². The molecule has 0 radical (unpaired) electrons. The van der Waals surface area contributed by atoms with Crippen LogP contribution in [0.15, 0.2) is 23.1 Å². The average Bonchev–Trinajstić information content (AvgIpc) is 2.37. The van der Waals surface area contributed by atoms with Crippen LogP contribution >= 0.6 is 0 Å². The number of hydrogen-bond acceptors (Lipinski definition) is 3. The van der Waals surface area contributed by atoms with Gasteiger partial charge >= 0.3 is 0 Å². The Morgan fingerprint density at radius 2 is 2.11 bits per heavy atom. The van der Waals surface area contributed by atoms with Crippen LogP contribution in [0.2, 0.25) is 0 Å². The van der Waals surface area contributed by atoms with Gasteiger partial charge in [-0.3, -0.25) is 0 Å². The molecule has 0 fully saturated rings. The number of benzene rings is 1. The smallest absolute Gasteiger partial charge is 0.208 e. The van der Waals surface area contributed by atoms with Crippen LogP contribution in [0.25, 0.3) is 0 Å². The molecule has 0 heterocycles. The van der Waals surface area contributed by atoms with E-state index in [4.69, 9.17) is 5.26 Å². The first-order valence-corrected chi connectivity index (χ1v) is 7.65. The van der Waals surface area contributed by atoms with E-state index in [9.17, 15) is 12.8 Å². The van der Waals surface area contributed by atoms with Gasteiger partial charge in [-0.1, -0.05) is 26.3 Å².